The van der Waals surface area contributed by atoms with Crippen LogP contribution in [0.25, 0.3) is 0 Å². The van der Waals surface area contributed by atoms with E-state index in [2.05, 4.69) is 31.2 Å². The molecule has 0 unspecified atom stereocenters. The molecular weight excluding hydrogens is 967 g/mol. The number of hydrogen-bond donors (Lipinski definition) is 5. The standard InChI is InChI=1S/C23H22ClN5O3.C21H15ClN4O3.FH.HI/c1-29(2)21(25)14-4-6-15(7-5-14)22(30)27-19-10-9-17(32-3)12-18(19)23(31)28-20-11-8-16(24)13-26-20;1-29-16-7-8-18(25-20(27)14-4-2-13(11-23)3-5-14)17(10-16)21(28)26-19-9-6-15(22)12-24-19;;/h4-13,25H,1-3H3,(H,27,30)(H,26,28,31);2-10,12H,1H3,(H,25,27)(H,24,26,28);2*1H. The molecule has 0 spiro atoms. The van der Waals surface area contributed by atoms with Gasteiger partial charge in [-0.3, -0.25) is 29.3 Å². The van der Waals surface area contributed by atoms with Gasteiger partial charge < -0.3 is 35.6 Å². The number of ether oxygens (including phenoxy) is 2. The molecule has 0 aliphatic heterocycles. The molecule has 0 aliphatic rings. The number of anilines is 4. The van der Waals surface area contributed by atoms with Crippen LogP contribution in [0.2, 0.25) is 10.0 Å². The second kappa shape index (κ2) is 23.7. The number of nitrogens with zero attached hydrogens (tertiary/aromatic N) is 4. The monoisotopic (exact) mass is 1010 g/mol. The van der Waals surface area contributed by atoms with Gasteiger partial charge in [-0.05, 0) is 97.1 Å². The van der Waals surface area contributed by atoms with Crippen molar-refractivity contribution in [1.29, 1.82) is 10.7 Å². The molecule has 6 rings (SSSR count). The van der Waals surface area contributed by atoms with Crippen LogP contribution in [0.4, 0.5) is 27.7 Å². The van der Waals surface area contributed by atoms with Crippen LogP contribution < -0.4 is 30.7 Å². The van der Waals surface area contributed by atoms with Gasteiger partial charge in [-0.15, -0.1) is 24.0 Å². The van der Waals surface area contributed by atoms with E-state index in [1.165, 1.54) is 50.9 Å². The number of hydrogen-bond acceptors (Lipinski definition) is 10. The molecule has 324 valence electrons. The number of rotatable bonds is 11. The van der Waals surface area contributed by atoms with Crippen LogP contribution in [-0.4, -0.2) is 72.6 Å². The van der Waals surface area contributed by atoms with E-state index in [9.17, 15) is 19.2 Å². The van der Waals surface area contributed by atoms with E-state index < -0.39 is 23.6 Å². The van der Waals surface area contributed by atoms with Gasteiger partial charge in [0, 0.05) is 43.2 Å². The van der Waals surface area contributed by atoms with Gasteiger partial charge in [0.05, 0.1) is 58.4 Å². The Hall–Kier alpha value is -7.14. The molecule has 15 nitrogen and oxygen atoms in total. The summed E-state index contributed by atoms with van der Waals surface area (Å²) in [5.41, 5.74) is 2.89. The van der Waals surface area contributed by atoms with E-state index >= 15 is 0 Å². The van der Waals surface area contributed by atoms with Crippen LogP contribution >= 0.6 is 47.2 Å². The van der Waals surface area contributed by atoms with E-state index in [0.717, 1.165) is 0 Å². The zero-order valence-electron chi connectivity index (χ0n) is 33.9. The number of aromatic nitrogens is 2. The average Bonchev–Trinajstić information content (AvgIpc) is 3.28. The van der Waals surface area contributed by atoms with Crippen LogP contribution in [0, 0.1) is 16.7 Å². The number of benzene rings is 4. The van der Waals surface area contributed by atoms with E-state index in [-0.39, 0.29) is 39.8 Å². The average molecular weight is 1010 g/mol. The highest BCUT2D eigenvalue weighted by atomic mass is 127. The number of amides is 4. The topological polar surface area (TPSA) is 212 Å². The number of carbonyl (C=O) groups excluding carboxylic acids is 4. The third-order valence-electron chi connectivity index (χ3n) is 8.52. The largest absolute Gasteiger partial charge is 0.497 e. The zero-order valence-corrected chi connectivity index (χ0v) is 37.7. The minimum atomic E-state index is -0.478. The van der Waals surface area contributed by atoms with Gasteiger partial charge in [0.15, 0.2) is 0 Å². The Morgan fingerprint density at radius 2 is 1.00 bits per heavy atom. The fraction of sp³-hybridized carbons (Fsp3) is 0.0909. The Balaban J connectivity index is 0.000000326. The quantitative estimate of drug-likeness (QED) is 0.0472. The maximum Gasteiger partial charge on any atom is 0.259 e. The number of methoxy groups -OCH3 is 2. The molecule has 63 heavy (non-hydrogen) atoms. The Bertz CT molecular complexity index is 2610. The fourth-order valence-corrected chi connectivity index (χ4v) is 5.51. The van der Waals surface area contributed by atoms with Crippen molar-refractivity contribution in [2.24, 2.45) is 0 Å². The van der Waals surface area contributed by atoms with Crippen molar-refractivity contribution in [3.63, 3.8) is 0 Å². The lowest BCUT2D eigenvalue weighted by Crippen LogP contribution is -2.22. The molecule has 0 aliphatic carbocycles. The summed E-state index contributed by atoms with van der Waals surface area (Å²) in [4.78, 5) is 60.7. The number of nitrogens with one attached hydrogen (secondary N) is 5. The van der Waals surface area contributed by atoms with Crippen molar-refractivity contribution in [2.75, 3.05) is 49.6 Å². The first-order valence-electron chi connectivity index (χ1n) is 18.0. The maximum absolute atomic E-state index is 12.9. The lowest BCUT2D eigenvalue weighted by Gasteiger charge is -2.15. The van der Waals surface area contributed by atoms with Crippen LogP contribution in [-0.2, 0) is 0 Å². The Kier molecular flexibility index (Phi) is 18.9. The molecule has 5 N–H and O–H groups in total. The highest BCUT2D eigenvalue weighted by Crippen LogP contribution is 2.26. The van der Waals surface area contributed by atoms with Crippen molar-refractivity contribution in [3.05, 3.63) is 165 Å². The third-order valence-corrected chi connectivity index (χ3v) is 8.97. The van der Waals surface area contributed by atoms with Gasteiger partial charge in [0.2, 0.25) is 0 Å². The highest BCUT2D eigenvalue weighted by molar-refractivity contribution is 14.0. The van der Waals surface area contributed by atoms with Gasteiger partial charge in [0.25, 0.3) is 23.6 Å². The number of halogens is 4. The predicted octanol–water partition coefficient (Wildman–Crippen LogP) is 9.03. The predicted molar refractivity (Wildman–Crippen MR) is 252 cm³/mol. The Morgan fingerprint density at radius 1 is 0.603 bits per heavy atom. The molecule has 0 saturated heterocycles. The number of carbonyl (C=O) groups is 4. The molecule has 0 saturated carbocycles. The molecule has 6 aromatic rings. The lowest BCUT2D eigenvalue weighted by molar-refractivity contribution is 0.101. The number of amidine groups is 1. The molecule has 4 aromatic carbocycles. The van der Waals surface area contributed by atoms with Crippen LogP contribution in [0.5, 0.6) is 11.5 Å². The zero-order chi connectivity index (χ0) is 44.1. The highest BCUT2D eigenvalue weighted by Gasteiger charge is 2.19. The Morgan fingerprint density at radius 3 is 1.35 bits per heavy atom. The second-order valence-electron chi connectivity index (χ2n) is 12.9. The molecule has 0 bridgehead atoms. The maximum atomic E-state index is 12.9. The van der Waals surface area contributed by atoms with Crippen molar-refractivity contribution >= 4 is 99.7 Å². The lowest BCUT2D eigenvalue weighted by atomic mass is 10.1. The van der Waals surface area contributed by atoms with E-state index in [4.69, 9.17) is 43.3 Å². The van der Waals surface area contributed by atoms with Crippen molar-refractivity contribution in [2.45, 2.75) is 0 Å². The van der Waals surface area contributed by atoms with Gasteiger partial charge in [-0.2, -0.15) is 5.26 Å². The van der Waals surface area contributed by atoms with Crippen LogP contribution in [0.1, 0.15) is 52.6 Å². The molecule has 0 fully saturated rings. The van der Waals surface area contributed by atoms with Crippen LogP contribution in [0.15, 0.2) is 122 Å². The van der Waals surface area contributed by atoms with E-state index in [1.54, 1.807) is 104 Å². The van der Waals surface area contributed by atoms with Crippen molar-refractivity contribution < 1.29 is 33.4 Å². The Labute approximate surface area is 388 Å². The van der Waals surface area contributed by atoms with Crippen LogP contribution in [0.3, 0.4) is 0 Å². The van der Waals surface area contributed by atoms with Crippen molar-refractivity contribution in [1.82, 2.24) is 14.9 Å². The molecule has 0 atom stereocenters. The summed E-state index contributed by atoms with van der Waals surface area (Å²) in [5, 5.41) is 28.6. The summed E-state index contributed by atoms with van der Waals surface area (Å²) in [6, 6.07) is 30.7. The number of nitriles is 1. The summed E-state index contributed by atoms with van der Waals surface area (Å²) in [6.07, 6.45) is 2.83. The summed E-state index contributed by atoms with van der Waals surface area (Å²) >= 11 is 11.6. The first-order valence-corrected chi connectivity index (χ1v) is 18.7. The molecule has 4 amide bonds. The fourth-order valence-electron chi connectivity index (χ4n) is 5.28. The SMILES string of the molecule is COc1ccc(NC(=O)c2ccc(C#N)cc2)c(C(=O)Nc2ccc(Cl)cn2)c1.COc1ccc(NC(=O)c2ccc(C(=N)N(C)C)cc2)c(C(=O)Nc2ccc(Cl)cn2)c1.F.I. The van der Waals surface area contributed by atoms with Gasteiger partial charge >= 0.3 is 0 Å². The molecule has 19 heteroatoms. The minimum Gasteiger partial charge on any atom is -0.497 e. The molecule has 2 aromatic heterocycles. The summed E-state index contributed by atoms with van der Waals surface area (Å²) in [6.45, 7) is 0. The smallest absolute Gasteiger partial charge is 0.259 e. The summed E-state index contributed by atoms with van der Waals surface area (Å²) < 4.78 is 10.4. The first kappa shape index (κ1) is 50.2. The second-order valence-corrected chi connectivity index (χ2v) is 13.7. The van der Waals surface area contributed by atoms with Gasteiger partial charge in [-0.1, -0.05) is 35.3 Å². The number of pyridine rings is 2. The van der Waals surface area contributed by atoms with E-state index in [1.807, 2.05) is 6.07 Å². The summed E-state index contributed by atoms with van der Waals surface area (Å²) in [7, 11) is 6.52. The summed E-state index contributed by atoms with van der Waals surface area (Å²) in [5.74, 6) is 0.124. The molecule has 2 heterocycles. The molecular formula is C44H39Cl2FIN9O6. The first-order chi connectivity index (χ1) is 29.3. The molecule has 0 radical (unpaired) electrons. The minimum absolute atomic E-state index is 0. The van der Waals surface area contributed by atoms with Gasteiger partial charge in [-0.25, -0.2) is 9.97 Å². The van der Waals surface area contributed by atoms with Crippen molar-refractivity contribution in [3.8, 4) is 17.6 Å². The third kappa shape index (κ3) is 13.9. The van der Waals surface area contributed by atoms with E-state index in [0.29, 0.717) is 72.6 Å². The normalized spacial score (nSPS) is 9.79. The van der Waals surface area contributed by atoms with Gasteiger partial charge in [0.1, 0.15) is 29.0 Å².